The average molecular weight is 274 g/mol. The van der Waals surface area contributed by atoms with E-state index in [2.05, 4.69) is 54.2 Å². The van der Waals surface area contributed by atoms with Crippen molar-refractivity contribution in [2.24, 2.45) is 0 Å². The highest BCUT2D eigenvalue weighted by molar-refractivity contribution is 5.83. The molecular formula is C17H26N2O. The fourth-order valence-electron chi connectivity index (χ4n) is 2.44. The van der Waals surface area contributed by atoms with Crippen molar-refractivity contribution in [1.82, 2.24) is 9.88 Å². The van der Waals surface area contributed by atoms with Crippen molar-refractivity contribution in [1.29, 1.82) is 0 Å². The van der Waals surface area contributed by atoms with Crippen LogP contribution in [-0.2, 0) is 17.8 Å². The molecule has 0 aliphatic heterocycles. The van der Waals surface area contributed by atoms with Gasteiger partial charge in [-0.2, -0.15) is 0 Å². The summed E-state index contributed by atoms with van der Waals surface area (Å²) in [6.07, 6.45) is 4.51. The van der Waals surface area contributed by atoms with E-state index in [1.807, 2.05) is 0 Å². The number of fused-ring (bicyclic) bond motifs is 1. The Balaban J connectivity index is 2.04. The molecule has 0 amide bonds. The molecule has 1 aromatic carbocycles. The zero-order valence-corrected chi connectivity index (χ0v) is 12.7. The largest absolute Gasteiger partial charge is 0.380 e. The number of benzene rings is 1. The summed E-state index contributed by atoms with van der Waals surface area (Å²) in [5.74, 6) is 0. The molecule has 0 radical (unpaired) electrons. The third-order valence-electron chi connectivity index (χ3n) is 3.56. The van der Waals surface area contributed by atoms with E-state index in [0.717, 1.165) is 39.3 Å². The van der Waals surface area contributed by atoms with Crippen LogP contribution in [0.25, 0.3) is 10.9 Å². The minimum Gasteiger partial charge on any atom is -0.380 e. The molecule has 0 aliphatic carbocycles. The number of para-hydroxylation sites is 1. The summed E-state index contributed by atoms with van der Waals surface area (Å²) in [5, 5.41) is 4.73. The van der Waals surface area contributed by atoms with E-state index >= 15 is 0 Å². The summed E-state index contributed by atoms with van der Waals surface area (Å²) in [6, 6.07) is 8.71. The summed E-state index contributed by atoms with van der Waals surface area (Å²) in [7, 11) is 0. The first-order valence-corrected chi connectivity index (χ1v) is 7.72. The standard InChI is InChI=1S/C17H26N2O/c1-3-5-12-20-13-11-19-10-9-15-7-6-8-16(17(15)19)14-18-4-2/h6-10,18H,3-5,11-14H2,1-2H3. The smallest absolute Gasteiger partial charge is 0.0645 e. The van der Waals surface area contributed by atoms with Crippen molar-refractivity contribution in [3.05, 3.63) is 36.0 Å². The van der Waals surface area contributed by atoms with Crippen molar-refractivity contribution < 1.29 is 4.74 Å². The topological polar surface area (TPSA) is 26.2 Å². The Morgan fingerprint density at radius 3 is 2.85 bits per heavy atom. The molecule has 110 valence electrons. The van der Waals surface area contributed by atoms with Crippen molar-refractivity contribution in [2.75, 3.05) is 19.8 Å². The van der Waals surface area contributed by atoms with Gasteiger partial charge in [0, 0.05) is 25.9 Å². The highest BCUT2D eigenvalue weighted by Gasteiger charge is 2.06. The van der Waals surface area contributed by atoms with Crippen molar-refractivity contribution in [2.45, 2.75) is 39.8 Å². The van der Waals surface area contributed by atoms with Crippen LogP contribution in [0.1, 0.15) is 32.3 Å². The Hall–Kier alpha value is -1.32. The molecule has 0 bridgehead atoms. The molecule has 0 aliphatic rings. The maximum absolute atomic E-state index is 5.68. The first-order chi connectivity index (χ1) is 9.86. The molecule has 3 heteroatoms. The number of aromatic nitrogens is 1. The van der Waals surface area contributed by atoms with Crippen LogP contribution in [0.15, 0.2) is 30.5 Å². The zero-order chi connectivity index (χ0) is 14.2. The van der Waals surface area contributed by atoms with Gasteiger partial charge in [-0.25, -0.2) is 0 Å². The summed E-state index contributed by atoms with van der Waals surface area (Å²) in [4.78, 5) is 0. The molecule has 0 saturated carbocycles. The molecule has 2 aromatic rings. The van der Waals surface area contributed by atoms with E-state index < -0.39 is 0 Å². The van der Waals surface area contributed by atoms with Gasteiger partial charge in [-0.05, 0) is 30.0 Å². The fourth-order valence-corrected chi connectivity index (χ4v) is 2.44. The zero-order valence-electron chi connectivity index (χ0n) is 12.7. The normalized spacial score (nSPS) is 11.3. The second-order valence-corrected chi connectivity index (χ2v) is 5.11. The lowest BCUT2D eigenvalue weighted by Crippen LogP contribution is -2.13. The van der Waals surface area contributed by atoms with Crippen LogP contribution >= 0.6 is 0 Å². The van der Waals surface area contributed by atoms with Crippen molar-refractivity contribution in [3.63, 3.8) is 0 Å². The van der Waals surface area contributed by atoms with Crippen LogP contribution in [0.5, 0.6) is 0 Å². The van der Waals surface area contributed by atoms with E-state index in [0.29, 0.717) is 0 Å². The van der Waals surface area contributed by atoms with E-state index in [9.17, 15) is 0 Å². The molecule has 0 unspecified atom stereocenters. The second-order valence-electron chi connectivity index (χ2n) is 5.11. The Labute approximate surface area is 121 Å². The lowest BCUT2D eigenvalue weighted by molar-refractivity contribution is 0.124. The minimum atomic E-state index is 0.791. The molecule has 0 atom stereocenters. The Kier molecular flexibility index (Phi) is 6.09. The van der Waals surface area contributed by atoms with Gasteiger partial charge in [-0.15, -0.1) is 0 Å². The molecule has 1 N–H and O–H groups in total. The Morgan fingerprint density at radius 1 is 1.15 bits per heavy atom. The lowest BCUT2D eigenvalue weighted by Gasteiger charge is -2.10. The maximum atomic E-state index is 5.68. The van der Waals surface area contributed by atoms with Crippen molar-refractivity contribution >= 4 is 10.9 Å². The van der Waals surface area contributed by atoms with Gasteiger partial charge in [0.05, 0.1) is 12.1 Å². The monoisotopic (exact) mass is 274 g/mol. The fraction of sp³-hybridized carbons (Fsp3) is 0.529. The van der Waals surface area contributed by atoms with Gasteiger partial charge >= 0.3 is 0 Å². The molecule has 1 heterocycles. The predicted octanol–water partition coefficient (Wildman–Crippen LogP) is 3.57. The van der Waals surface area contributed by atoms with Gasteiger partial charge in [0.15, 0.2) is 0 Å². The van der Waals surface area contributed by atoms with Gasteiger partial charge < -0.3 is 14.6 Å². The third kappa shape index (κ3) is 3.84. The van der Waals surface area contributed by atoms with E-state index in [1.165, 1.54) is 22.9 Å². The van der Waals surface area contributed by atoms with Gasteiger partial charge in [-0.1, -0.05) is 38.5 Å². The Morgan fingerprint density at radius 2 is 2.05 bits per heavy atom. The molecule has 20 heavy (non-hydrogen) atoms. The summed E-state index contributed by atoms with van der Waals surface area (Å²) in [5.41, 5.74) is 2.70. The van der Waals surface area contributed by atoms with Gasteiger partial charge in [0.25, 0.3) is 0 Å². The summed E-state index contributed by atoms with van der Waals surface area (Å²) >= 11 is 0. The predicted molar refractivity (Wildman–Crippen MR) is 85.0 cm³/mol. The van der Waals surface area contributed by atoms with Crippen LogP contribution in [-0.4, -0.2) is 24.3 Å². The molecule has 2 rings (SSSR count). The number of unbranched alkanes of at least 4 members (excludes halogenated alkanes) is 1. The van der Waals surface area contributed by atoms with Crippen LogP contribution in [0.2, 0.25) is 0 Å². The first-order valence-electron chi connectivity index (χ1n) is 7.72. The van der Waals surface area contributed by atoms with E-state index in [-0.39, 0.29) is 0 Å². The number of hydrogen-bond donors (Lipinski definition) is 1. The quantitative estimate of drug-likeness (QED) is 0.708. The summed E-state index contributed by atoms with van der Waals surface area (Å²) in [6.45, 7) is 8.85. The molecular weight excluding hydrogens is 248 g/mol. The van der Waals surface area contributed by atoms with Crippen LogP contribution in [0, 0.1) is 0 Å². The number of hydrogen-bond acceptors (Lipinski definition) is 2. The molecule has 1 aromatic heterocycles. The second kappa shape index (κ2) is 8.08. The minimum absolute atomic E-state index is 0.791. The van der Waals surface area contributed by atoms with Gasteiger partial charge in [-0.3, -0.25) is 0 Å². The molecule has 0 fully saturated rings. The van der Waals surface area contributed by atoms with E-state index in [1.54, 1.807) is 0 Å². The average Bonchev–Trinajstić information content (AvgIpc) is 2.89. The highest BCUT2D eigenvalue weighted by Crippen LogP contribution is 2.20. The molecule has 3 nitrogen and oxygen atoms in total. The van der Waals surface area contributed by atoms with Crippen LogP contribution in [0.4, 0.5) is 0 Å². The third-order valence-corrected chi connectivity index (χ3v) is 3.56. The van der Waals surface area contributed by atoms with E-state index in [4.69, 9.17) is 4.74 Å². The first kappa shape index (κ1) is 15.1. The van der Waals surface area contributed by atoms with Gasteiger partial charge in [0.1, 0.15) is 0 Å². The molecule has 0 saturated heterocycles. The van der Waals surface area contributed by atoms with Crippen molar-refractivity contribution in [3.8, 4) is 0 Å². The SMILES string of the molecule is CCCCOCCn1ccc2cccc(CNCC)c21. The highest BCUT2D eigenvalue weighted by atomic mass is 16.5. The van der Waals surface area contributed by atoms with Crippen LogP contribution in [0.3, 0.4) is 0 Å². The number of rotatable bonds is 9. The number of ether oxygens (including phenoxy) is 1. The van der Waals surface area contributed by atoms with Crippen LogP contribution < -0.4 is 5.32 Å². The molecule has 0 spiro atoms. The number of nitrogens with one attached hydrogen (secondary N) is 1. The van der Waals surface area contributed by atoms with Gasteiger partial charge in [0.2, 0.25) is 0 Å². The maximum Gasteiger partial charge on any atom is 0.0645 e. The summed E-state index contributed by atoms with van der Waals surface area (Å²) < 4.78 is 7.99. The lowest BCUT2D eigenvalue weighted by atomic mass is 10.1. The number of nitrogens with zero attached hydrogens (tertiary/aromatic N) is 1. The Bertz CT molecular complexity index is 519.